The number of methoxy groups -OCH3 is 3. The highest BCUT2D eigenvalue weighted by atomic mass is 16.8. The summed E-state index contributed by atoms with van der Waals surface area (Å²) < 4.78 is 74.1. The number of hydrogen-bond donors (Lipinski definition) is 14. The molecule has 14 N–H and O–H groups in total. The van der Waals surface area contributed by atoms with Crippen LogP contribution in [-0.4, -0.2) is 229 Å². The maximum atomic E-state index is 13.6. The first-order chi connectivity index (χ1) is 41.9. The molecule has 31 nitrogen and oxygen atoms in total. The summed E-state index contributed by atoms with van der Waals surface area (Å²) in [6.07, 6.45) is -27.4. The van der Waals surface area contributed by atoms with Crippen molar-refractivity contribution >= 4 is 42.1 Å². The molecule has 476 valence electrons. The summed E-state index contributed by atoms with van der Waals surface area (Å²) >= 11 is 0. The van der Waals surface area contributed by atoms with Crippen LogP contribution in [0.25, 0.3) is 18.2 Å². The average Bonchev–Trinajstić information content (AvgIpc) is 0.904. The molecule has 0 aliphatic carbocycles. The highest BCUT2D eigenvalue weighted by Gasteiger charge is 2.54. The maximum absolute atomic E-state index is 13.6. The van der Waals surface area contributed by atoms with Crippen molar-refractivity contribution in [3.8, 4) is 57.5 Å². The molecule has 4 aliphatic heterocycles. The number of rotatable bonds is 22. The molecule has 4 aromatic rings. The van der Waals surface area contributed by atoms with Crippen molar-refractivity contribution in [1.29, 1.82) is 0 Å². The first kappa shape index (κ1) is 65.3. The minimum absolute atomic E-state index is 0.0263. The van der Waals surface area contributed by atoms with E-state index in [2.05, 4.69) is 0 Å². The van der Waals surface area contributed by atoms with Crippen LogP contribution in [0.3, 0.4) is 0 Å². The normalized spacial score (nSPS) is 28.6. The molecule has 8 rings (SSSR count). The number of carbonyl (C=O) groups excluding carboxylic acids is 3. The predicted molar refractivity (Wildman–Crippen MR) is 289 cm³/mol. The number of aliphatic carboxylic acids is 1. The van der Waals surface area contributed by atoms with Gasteiger partial charge in [0.05, 0.1) is 33.5 Å². The van der Waals surface area contributed by atoms with Gasteiger partial charge in [0.2, 0.25) is 18.3 Å². The van der Waals surface area contributed by atoms with Crippen LogP contribution in [0.5, 0.6) is 57.5 Å². The van der Waals surface area contributed by atoms with Gasteiger partial charge in [-0.15, -0.1) is 0 Å². The van der Waals surface area contributed by atoms with Crippen LogP contribution in [0.4, 0.5) is 0 Å². The fourth-order valence-corrected chi connectivity index (χ4v) is 9.37. The highest BCUT2D eigenvalue weighted by Crippen LogP contribution is 2.47. The van der Waals surface area contributed by atoms with E-state index in [4.69, 9.17) is 66.7 Å². The Bertz CT molecular complexity index is 3230. The van der Waals surface area contributed by atoms with Crippen LogP contribution in [-0.2, 0) is 57.1 Å². The zero-order chi connectivity index (χ0) is 63.8. The molecule has 0 spiro atoms. The number of hydrogen-bond acceptors (Lipinski definition) is 30. The number of ether oxygens (including phenoxy) is 13. The van der Waals surface area contributed by atoms with Crippen molar-refractivity contribution in [2.45, 2.75) is 105 Å². The van der Waals surface area contributed by atoms with Crippen molar-refractivity contribution in [1.82, 2.24) is 0 Å². The van der Waals surface area contributed by atoms with Gasteiger partial charge in [0.25, 0.3) is 0 Å². The third kappa shape index (κ3) is 15.0. The van der Waals surface area contributed by atoms with Gasteiger partial charge < -0.3 is 133 Å². The number of aromatic hydroxyl groups is 5. The van der Waals surface area contributed by atoms with Gasteiger partial charge >= 0.3 is 23.9 Å². The summed E-state index contributed by atoms with van der Waals surface area (Å²) in [6.45, 7) is -2.70. The van der Waals surface area contributed by atoms with E-state index < -0.39 is 177 Å². The lowest BCUT2D eigenvalue weighted by atomic mass is 9.96. The van der Waals surface area contributed by atoms with E-state index in [0.29, 0.717) is 5.56 Å². The third-order valence-electron chi connectivity index (χ3n) is 14.0. The number of phenols is 5. The van der Waals surface area contributed by atoms with Gasteiger partial charge in [0.1, 0.15) is 104 Å². The van der Waals surface area contributed by atoms with Crippen molar-refractivity contribution < 1.29 is 152 Å². The number of aliphatic hydroxyl groups excluding tert-OH is 8. The molecule has 16 atom stereocenters. The molecule has 0 amide bonds. The second kappa shape index (κ2) is 28.4. The van der Waals surface area contributed by atoms with E-state index in [-0.39, 0.29) is 51.2 Å². The van der Waals surface area contributed by atoms with Crippen LogP contribution in [0, 0.1) is 0 Å². The second-order valence-electron chi connectivity index (χ2n) is 19.9. The molecular weight excluding hydrogens is 1180 g/mol. The van der Waals surface area contributed by atoms with Gasteiger partial charge in [-0.25, -0.2) is 9.59 Å². The summed E-state index contributed by atoms with van der Waals surface area (Å²) in [5, 5.41) is 151. The molecule has 0 aromatic heterocycles. The molecule has 0 bridgehead atoms. The number of carboxylic acids is 1. The van der Waals surface area contributed by atoms with E-state index in [9.17, 15) is 85.6 Å². The van der Waals surface area contributed by atoms with E-state index in [1.54, 1.807) is 0 Å². The first-order valence-corrected chi connectivity index (χ1v) is 26.4. The van der Waals surface area contributed by atoms with Crippen LogP contribution >= 0.6 is 0 Å². The van der Waals surface area contributed by atoms with Crippen LogP contribution in [0.15, 0.2) is 78.6 Å². The Labute approximate surface area is 497 Å². The largest absolute Gasteiger partial charge is 0.508 e. The number of carbonyl (C=O) groups is 4. The molecule has 4 aromatic carbocycles. The van der Waals surface area contributed by atoms with Gasteiger partial charge in [-0.1, -0.05) is 12.1 Å². The molecule has 0 radical (unpaired) electrons. The van der Waals surface area contributed by atoms with Crippen molar-refractivity contribution in [2.24, 2.45) is 0 Å². The quantitative estimate of drug-likeness (QED) is 0.0149. The Morgan fingerprint density at radius 1 is 0.557 bits per heavy atom. The van der Waals surface area contributed by atoms with Crippen LogP contribution < -0.4 is 23.7 Å². The van der Waals surface area contributed by atoms with Crippen molar-refractivity contribution in [3.05, 3.63) is 101 Å². The second-order valence-corrected chi connectivity index (χ2v) is 19.9. The Hall–Kier alpha value is -8.70. The Kier molecular flexibility index (Phi) is 21.1. The fraction of sp³-hybridized carbons (Fsp3) is 0.404. The number of phenolic OH excluding ortho intramolecular Hbond substituents is 5. The Morgan fingerprint density at radius 2 is 1.15 bits per heavy atom. The van der Waals surface area contributed by atoms with E-state index >= 15 is 0 Å². The third-order valence-corrected chi connectivity index (χ3v) is 14.0. The van der Waals surface area contributed by atoms with E-state index in [0.717, 1.165) is 42.5 Å². The fourth-order valence-electron chi connectivity index (χ4n) is 9.37. The molecule has 31 heteroatoms. The van der Waals surface area contributed by atoms with E-state index in [1.807, 2.05) is 0 Å². The summed E-state index contributed by atoms with van der Waals surface area (Å²) in [4.78, 5) is 49.9. The zero-order valence-corrected chi connectivity index (χ0v) is 46.4. The monoisotopic (exact) mass is 1240 g/mol. The molecule has 88 heavy (non-hydrogen) atoms. The molecule has 3 saturated heterocycles. The Morgan fingerprint density at radius 3 is 1.81 bits per heavy atom. The molecular formula is C57H62O31. The van der Waals surface area contributed by atoms with Gasteiger partial charge in [-0.05, 0) is 65.8 Å². The lowest BCUT2D eigenvalue weighted by Crippen LogP contribution is -2.65. The Balaban J connectivity index is 1.16. The molecule has 3 fully saturated rings. The lowest BCUT2D eigenvalue weighted by molar-refractivity contribution is -0.364. The highest BCUT2D eigenvalue weighted by molar-refractivity contribution is 5.90. The number of benzene rings is 4. The maximum Gasteiger partial charge on any atom is 0.331 e. The van der Waals surface area contributed by atoms with Gasteiger partial charge in [0, 0.05) is 29.8 Å². The predicted octanol–water partition coefficient (Wildman–Crippen LogP) is -0.911. The minimum atomic E-state index is -2.24. The molecule has 4 heterocycles. The molecule has 0 saturated carbocycles. The number of fused-ring (bicyclic) bond motifs is 1. The first-order valence-electron chi connectivity index (χ1n) is 26.4. The SMILES string of the molecule is COc1cc(C=CC(=O)OCC2OC(OC3=Cc4c(cc(O)cc4OC4OC(COC(=O)CC(=O)O)C(O)C(O)C4O)OC3c3ccc(O)c(O)c3)C(OC3OC(CO)C(O)C(O)C3OC(=O)C=Cc3cc(OC)c(O)c(OC)c3)C(O)C2O)ccc1O. The summed E-state index contributed by atoms with van der Waals surface area (Å²) in [6, 6.07) is 12.2. The van der Waals surface area contributed by atoms with Gasteiger partial charge in [-0.3, -0.25) is 9.59 Å². The van der Waals surface area contributed by atoms with E-state index in [1.165, 1.54) is 69.9 Å². The lowest BCUT2D eigenvalue weighted by Gasteiger charge is -2.47. The topological polar surface area (TPSA) is 471 Å². The summed E-state index contributed by atoms with van der Waals surface area (Å²) in [5.74, 6) is -8.63. The van der Waals surface area contributed by atoms with Crippen molar-refractivity contribution in [3.63, 3.8) is 0 Å². The van der Waals surface area contributed by atoms with Crippen LogP contribution in [0.1, 0.15) is 34.8 Å². The number of carboxylic acid groups (broad SMARTS) is 1. The minimum Gasteiger partial charge on any atom is -0.508 e. The number of aliphatic hydroxyl groups is 8. The smallest absolute Gasteiger partial charge is 0.331 e. The van der Waals surface area contributed by atoms with Gasteiger partial charge in [0.15, 0.2) is 59.1 Å². The van der Waals surface area contributed by atoms with Crippen molar-refractivity contribution in [2.75, 3.05) is 41.2 Å². The zero-order valence-electron chi connectivity index (χ0n) is 46.4. The number of esters is 3. The van der Waals surface area contributed by atoms with Gasteiger partial charge in [-0.2, -0.15) is 0 Å². The standard InChI is InChI=1S/C57H62O31/c1-76-33-12-23(4-8-29(33)61)5-10-41(65)79-21-39-47(71)50(74)54(88-57-53(49(73)45(69)37(20-58)84-57)87-42(66)11-6-24-13-34(77-2)44(68)35(14-24)78-3)56(86-39)83-36-18-27-31(81-52(36)25-7-9-28(60)30(62)15-25)16-26(59)17-32(27)82-55-51(75)48(72)46(70)38(85-55)22-80-43(67)19-40(63)64/h4-18,37-39,45-62,68-75H,19-22H2,1-3H3,(H,63,64). The molecule has 4 aliphatic rings. The average molecular weight is 1240 g/mol. The van der Waals surface area contributed by atoms with Crippen LogP contribution in [0.2, 0.25) is 0 Å². The molecule has 16 unspecified atom stereocenters. The summed E-state index contributed by atoms with van der Waals surface area (Å²) in [7, 11) is 3.83. The summed E-state index contributed by atoms with van der Waals surface area (Å²) in [5.41, 5.74) is 0.374.